The molecular weight excluding hydrogens is 282 g/mol. The zero-order chi connectivity index (χ0) is 15.9. The number of methoxy groups -OCH3 is 1. The van der Waals surface area contributed by atoms with Crippen molar-refractivity contribution in [3.63, 3.8) is 0 Å². The number of hydrazone groups is 1. The minimum absolute atomic E-state index is 0.0570. The quantitative estimate of drug-likeness (QED) is 0.674. The molecule has 0 aliphatic rings. The molecule has 0 radical (unpaired) electrons. The summed E-state index contributed by atoms with van der Waals surface area (Å²) >= 11 is 0. The van der Waals surface area contributed by atoms with E-state index < -0.39 is 5.91 Å². The lowest BCUT2D eigenvalue weighted by Gasteiger charge is -2.05. The van der Waals surface area contributed by atoms with E-state index in [1.807, 2.05) is 19.1 Å². The molecule has 0 spiro atoms. The van der Waals surface area contributed by atoms with Gasteiger partial charge in [-0.05, 0) is 31.2 Å². The minimum Gasteiger partial charge on any atom is -0.496 e. The number of carbonyl (C=O) groups is 1. The third-order valence-corrected chi connectivity index (χ3v) is 3.11. The molecule has 0 aliphatic carbocycles. The van der Waals surface area contributed by atoms with E-state index in [2.05, 4.69) is 10.5 Å². The lowest BCUT2D eigenvalue weighted by Crippen LogP contribution is -2.30. The van der Waals surface area contributed by atoms with Gasteiger partial charge in [0, 0.05) is 18.3 Å². The second-order valence-corrected chi connectivity index (χ2v) is 4.45. The van der Waals surface area contributed by atoms with E-state index in [1.54, 1.807) is 31.5 Å². The third-order valence-electron chi connectivity index (χ3n) is 3.11. The molecule has 22 heavy (non-hydrogen) atoms. The van der Waals surface area contributed by atoms with Crippen molar-refractivity contribution in [2.75, 3.05) is 7.11 Å². The van der Waals surface area contributed by atoms with Crippen LogP contribution >= 0.6 is 0 Å². The van der Waals surface area contributed by atoms with Crippen molar-refractivity contribution in [1.29, 1.82) is 0 Å². The molecule has 0 atom stereocenters. The van der Waals surface area contributed by atoms with E-state index in [0.717, 1.165) is 5.56 Å². The van der Waals surface area contributed by atoms with Crippen molar-refractivity contribution in [1.82, 2.24) is 9.99 Å². The van der Waals surface area contributed by atoms with Crippen molar-refractivity contribution < 1.29 is 9.53 Å². The number of carbonyl (C=O) groups excluding carboxylic acids is 1. The van der Waals surface area contributed by atoms with E-state index in [1.165, 1.54) is 16.8 Å². The first-order valence-electron chi connectivity index (χ1n) is 6.83. The molecule has 114 valence electrons. The molecule has 0 aliphatic heterocycles. The molecule has 0 bridgehead atoms. The van der Waals surface area contributed by atoms with Gasteiger partial charge >= 0.3 is 0 Å². The molecule has 1 amide bonds. The summed E-state index contributed by atoms with van der Waals surface area (Å²) < 4.78 is 6.64. The smallest absolute Gasteiger partial charge is 0.276 e. The first-order valence-corrected chi connectivity index (χ1v) is 6.83. The maximum atomic E-state index is 12.0. The molecule has 0 unspecified atom stereocenters. The van der Waals surface area contributed by atoms with Gasteiger partial charge in [0.15, 0.2) is 0 Å². The SMILES string of the molecule is CCn1cccc(C(=O)N/N=C\c2ccccc2OC)c1=O. The van der Waals surface area contributed by atoms with Crippen LogP contribution in [0.25, 0.3) is 0 Å². The largest absolute Gasteiger partial charge is 0.496 e. The van der Waals surface area contributed by atoms with Gasteiger partial charge in [-0.1, -0.05) is 12.1 Å². The predicted octanol–water partition coefficient (Wildman–Crippen LogP) is 1.64. The standard InChI is InChI=1S/C16H17N3O3/c1-3-19-10-6-8-13(16(19)21)15(20)18-17-11-12-7-4-5-9-14(12)22-2/h4-11H,3H2,1-2H3,(H,18,20)/b17-11-. The average Bonchev–Trinajstić information content (AvgIpc) is 2.55. The molecule has 6 heteroatoms. The Kier molecular flexibility index (Phi) is 5.08. The van der Waals surface area contributed by atoms with E-state index in [0.29, 0.717) is 12.3 Å². The van der Waals surface area contributed by atoms with Crippen molar-refractivity contribution >= 4 is 12.1 Å². The molecule has 0 saturated carbocycles. The van der Waals surface area contributed by atoms with E-state index in [4.69, 9.17) is 4.74 Å². The van der Waals surface area contributed by atoms with Crippen LogP contribution in [-0.4, -0.2) is 23.8 Å². The predicted molar refractivity (Wildman–Crippen MR) is 84.4 cm³/mol. The minimum atomic E-state index is -0.543. The third kappa shape index (κ3) is 3.41. The molecule has 1 N–H and O–H groups in total. The van der Waals surface area contributed by atoms with Gasteiger partial charge in [0.2, 0.25) is 0 Å². The first kappa shape index (κ1) is 15.5. The van der Waals surface area contributed by atoms with Crippen LogP contribution in [0, 0.1) is 0 Å². The fourth-order valence-corrected chi connectivity index (χ4v) is 1.95. The number of nitrogens with one attached hydrogen (secondary N) is 1. The van der Waals surface area contributed by atoms with Crippen LogP contribution in [0.3, 0.4) is 0 Å². The zero-order valence-electron chi connectivity index (χ0n) is 12.4. The number of aryl methyl sites for hydroxylation is 1. The van der Waals surface area contributed by atoms with Crippen molar-refractivity contribution in [2.24, 2.45) is 5.10 Å². The van der Waals surface area contributed by atoms with Gasteiger partial charge in [-0.15, -0.1) is 0 Å². The number of amides is 1. The summed E-state index contributed by atoms with van der Waals surface area (Å²) in [6, 6.07) is 10.4. The Hall–Kier alpha value is -2.89. The zero-order valence-corrected chi connectivity index (χ0v) is 12.4. The molecular formula is C16H17N3O3. The number of hydrogen-bond donors (Lipinski definition) is 1. The first-order chi connectivity index (χ1) is 10.7. The van der Waals surface area contributed by atoms with Gasteiger partial charge in [-0.25, -0.2) is 5.43 Å². The summed E-state index contributed by atoms with van der Waals surface area (Å²) in [4.78, 5) is 24.0. The van der Waals surface area contributed by atoms with Crippen LogP contribution in [0.1, 0.15) is 22.8 Å². The number of rotatable bonds is 5. The summed E-state index contributed by atoms with van der Waals surface area (Å²) in [5, 5.41) is 3.87. The van der Waals surface area contributed by atoms with E-state index >= 15 is 0 Å². The fraction of sp³-hybridized carbons (Fsp3) is 0.188. The van der Waals surface area contributed by atoms with Gasteiger partial charge in [0.25, 0.3) is 11.5 Å². The molecule has 1 heterocycles. The van der Waals surface area contributed by atoms with Gasteiger partial charge in [0.05, 0.1) is 13.3 Å². The number of nitrogens with zero attached hydrogens (tertiary/aromatic N) is 2. The lowest BCUT2D eigenvalue weighted by atomic mass is 10.2. The maximum Gasteiger partial charge on any atom is 0.276 e. The van der Waals surface area contributed by atoms with E-state index in [9.17, 15) is 9.59 Å². The monoisotopic (exact) mass is 299 g/mol. The highest BCUT2D eigenvalue weighted by Crippen LogP contribution is 2.14. The Labute approximate surface area is 128 Å². The number of ether oxygens (including phenoxy) is 1. The topological polar surface area (TPSA) is 72.7 Å². The Morgan fingerprint density at radius 2 is 2.09 bits per heavy atom. The second-order valence-electron chi connectivity index (χ2n) is 4.45. The van der Waals surface area contributed by atoms with Crippen LogP contribution in [0.5, 0.6) is 5.75 Å². The van der Waals surface area contributed by atoms with Gasteiger partial charge < -0.3 is 9.30 Å². The Morgan fingerprint density at radius 1 is 1.32 bits per heavy atom. The highest BCUT2D eigenvalue weighted by molar-refractivity contribution is 5.94. The highest BCUT2D eigenvalue weighted by atomic mass is 16.5. The molecule has 0 fully saturated rings. The highest BCUT2D eigenvalue weighted by Gasteiger charge is 2.10. The number of pyridine rings is 1. The lowest BCUT2D eigenvalue weighted by molar-refractivity contribution is 0.0953. The summed E-state index contributed by atoms with van der Waals surface area (Å²) in [7, 11) is 1.56. The summed E-state index contributed by atoms with van der Waals surface area (Å²) in [6.07, 6.45) is 3.11. The Balaban J connectivity index is 2.13. The number of para-hydroxylation sites is 1. The molecule has 6 nitrogen and oxygen atoms in total. The number of hydrogen-bond acceptors (Lipinski definition) is 4. The summed E-state index contributed by atoms with van der Waals surface area (Å²) in [6.45, 7) is 2.34. The fourth-order valence-electron chi connectivity index (χ4n) is 1.95. The summed E-state index contributed by atoms with van der Waals surface area (Å²) in [5.74, 6) is 0.104. The van der Waals surface area contributed by atoms with Crippen molar-refractivity contribution in [2.45, 2.75) is 13.5 Å². The normalized spacial score (nSPS) is 10.6. The van der Waals surface area contributed by atoms with Crippen LogP contribution in [-0.2, 0) is 6.54 Å². The van der Waals surface area contributed by atoms with Gasteiger partial charge in [-0.3, -0.25) is 9.59 Å². The van der Waals surface area contributed by atoms with Crippen LogP contribution in [0.2, 0.25) is 0 Å². The number of aromatic nitrogens is 1. The molecule has 2 aromatic rings. The van der Waals surface area contributed by atoms with Gasteiger partial charge in [0.1, 0.15) is 11.3 Å². The van der Waals surface area contributed by atoms with Crippen LogP contribution < -0.4 is 15.7 Å². The number of benzene rings is 1. The maximum absolute atomic E-state index is 12.0. The van der Waals surface area contributed by atoms with Gasteiger partial charge in [-0.2, -0.15) is 5.10 Å². The Morgan fingerprint density at radius 3 is 2.82 bits per heavy atom. The van der Waals surface area contributed by atoms with Crippen LogP contribution in [0.4, 0.5) is 0 Å². The second kappa shape index (κ2) is 7.21. The molecule has 1 aromatic carbocycles. The Bertz CT molecular complexity index is 750. The van der Waals surface area contributed by atoms with Crippen molar-refractivity contribution in [3.8, 4) is 5.75 Å². The molecule has 0 saturated heterocycles. The van der Waals surface area contributed by atoms with Crippen LogP contribution in [0.15, 0.2) is 52.5 Å². The molecule has 1 aromatic heterocycles. The van der Waals surface area contributed by atoms with Crippen molar-refractivity contribution in [3.05, 3.63) is 64.1 Å². The molecule has 2 rings (SSSR count). The summed E-state index contributed by atoms with van der Waals surface area (Å²) in [5.41, 5.74) is 2.80. The average molecular weight is 299 g/mol. The van der Waals surface area contributed by atoms with E-state index in [-0.39, 0.29) is 11.1 Å².